The van der Waals surface area contributed by atoms with Gasteiger partial charge >= 0.3 is 5.97 Å². The zero-order valence-electron chi connectivity index (χ0n) is 13.3. The molecule has 0 aliphatic heterocycles. The van der Waals surface area contributed by atoms with E-state index in [1.807, 2.05) is 24.3 Å². The van der Waals surface area contributed by atoms with Gasteiger partial charge in [0, 0.05) is 0 Å². The number of benzene rings is 1. The van der Waals surface area contributed by atoms with Crippen molar-refractivity contribution in [2.24, 2.45) is 5.92 Å². The summed E-state index contributed by atoms with van der Waals surface area (Å²) < 4.78 is 5.08. The molecule has 122 valence electrons. The molecule has 0 unspecified atom stereocenters. The van der Waals surface area contributed by atoms with Crippen LogP contribution in [0.3, 0.4) is 0 Å². The van der Waals surface area contributed by atoms with Crippen molar-refractivity contribution in [3.8, 4) is 0 Å². The lowest BCUT2D eigenvalue weighted by Gasteiger charge is -2.07. The molecule has 2 aromatic rings. The molecule has 0 saturated carbocycles. The normalized spacial score (nSPS) is 10.7. The number of carboxylic acid groups (broad SMARTS) is 1. The van der Waals surface area contributed by atoms with Crippen LogP contribution >= 0.6 is 0 Å². The van der Waals surface area contributed by atoms with Gasteiger partial charge in [0.25, 0.3) is 0 Å². The second kappa shape index (κ2) is 7.63. The molecule has 2 rings (SSSR count). The second-order valence-electron chi connectivity index (χ2n) is 5.94. The molecule has 0 aliphatic rings. The largest absolute Gasteiger partial charge is 0.475 e. The molecule has 1 amide bonds. The maximum Gasteiger partial charge on any atom is 0.371 e. The van der Waals surface area contributed by atoms with E-state index in [2.05, 4.69) is 19.2 Å². The van der Waals surface area contributed by atoms with Crippen LogP contribution in [0.4, 0.5) is 0 Å². The Labute approximate surface area is 135 Å². The first kappa shape index (κ1) is 16.8. The molecule has 0 fully saturated rings. The summed E-state index contributed by atoms with van der Waals surface area (Å²) in [7, 11) is 0. The monoisotopic (exact) mass is 315 g/mol. The number of nitrogens with one attached hydrogen (secondary N) is 1. The lowest BCUT2D eigenvalue weighted by molar-refractivity contribution is -0.120. The first-order valence-corrected chi connectivity index (χ1v) is 7.60. The minimum absolute atomic E-state index is 0.130. The van der Waals surface area contributed by atoms with Crippen LogP contribution in [0.15, 0.2) is 40.8 Å². The predicted octanol–water partition coefficient (Wildman–Crippen LogP) is 3.04. The van der Waals surface area contributed by atoms with Gasteiger partial charge in [-0.3, -0.25) is 4.79 Å². The van der Waals surface area contributed by atoms with Crippen LogP contribution in [-0.2, 0) is 24.2 Å². The van der Waals surface area contributed by atoms with Crippen LogP contribution in [0.2, 0.25) is 0 Å². The van der Waals surface area contributed by atoms with Gasteiger partial charge in [-0.2, -0.15) is 0 Å². The molecule has 0 radical (unpaired) electrons. The number of amides is 1. The lowest BCUT2D eigenvalue weighted by atomic mass is 10.0. The zero-order chi connectivity index (χ0) is 16.8. The van der Waals surface area contributed by atoms with E-state index in [1.54, 1.807) is 6.07 Å². The highest BCUT2D eigenvalue weighted by atomic mass is 16.4. The molecule has 2 N–H and O–H groups in total. The van der Waals surface area contributed by atoms with Crippen molar-refractivity contribution in [2.45, 2.75) is 33.2 Å². The summed E-state index contributed by atoms with van der Waals surface area (Å²) in [6.07, 6.45) is 1.31. The van der Waals surface area contributed by atoms with Gasteiger partial charge in [0.2, 0.25) is 11.7 Å². The fraction of sp³-hybridized carbons (Fsp3) is 0.333. The standard InChI is InChI=1S/C18H21NO4/c1-12(2)9-13-3-5-14(6-4-13)10-17(20)19-11-15-7-8-16(23-15)18(21)22/h3-8,12H,9-11H2,1-2H3,(H,19,20)(H,21,22). The van der Waals surface area contributed by atoms with Crippen LogP contribution in [0, 0.1) is 5.92 Å². The minimum atomic E-state index is -1.12. The van der Waals surface area contributed by atoms with Gasteiger partial charge in [-0.25, -0.2) is 4.79 Å². The van der Waals surface area contributed by atoms with Crippen LogP contribution in [0.5, 0.6) is 0 Å². The van der Waals surface area contributed by atoms with Gasteiger partial charge in [0.05, 0.1) is 13.0 Å². The van der Waals surface area contributed by atoms with Crippen molar-refractivity contribution in [2.75, 3.05) is 0 Å². The van der Waals surface area contributed by atoms with E-state index in [4.69, 9.17) is 9.52 Å². The molecule has 1 heterocycles. The van der Waals surface area contributed by atoms with Crippen LogP contribution in [0.25, 0.3) is 0 Å². The van der Waals surface area contributed by atoms with E-state index in [9.17, 15) is 9.59 Å². The van der Waals surface area contributed by atoms with Crippen LogP contribution in [-0.4, -0.2) is 17.0 Å². The first-order chi connectivity index (χ1) is 10.9. The number of hydrogen-bond acceptors (Lipinski definition) is 3. The second-order valence-corrected chi connectivity index (χ2v) is 5.94. The molecule has 0 saturated heterocycles. The van der Waals surface area contributed by atoms with Crippen molar-refractivity contribution in [1.82, 2.24) is 5.32 Å². The number of hydrogen-bond donors (Lipinski definition) is 2. The molecule has 1 aromatic carbocycles. The molecule has 5 nitrogen and oxygen atoms in total. The number of rotatable bonds is 7. The average Bonchev–Trinajstić information content (AvgIpc) is 2.96. The fourth-order valence-electron chi connectivity index (χ4n) is 2.29. The Morgan fingerprint density at radius 3 is 2.30 bits per heavy atom. The third-order valence-electron chi connectivity index (χ3n) is 3.36. The number of aromatic carboxylic acids is 1. The average molecular weight is 315 g/mol. The predicted molar refractivity (Wildman–Crippen MR) is 86.2 cm³/mol. The number of carboxylic acids is 1. The molecule has 1 aromatic heterocycles. The highest BCUT2D eigenvalue weighted by Crippen LogP contribution is 2.11. The fourth-order valence-corrected chi connectivity index (χ4v) is 2.29. The highest BCUT2D eigenvalue weighted by molar-refractivity contribution is 5.84. The third kappa shape index (κ3) is 5.29. The van der Waals surface area contributed by atoms with Crippen molar-refractivity contribution in [1.29, 1.82) is 0 Å². The maximum absolute atomic E-state index is 11.9. The molecule has 0 aliphatic carbocycles. The Morgan fingerprint density at radius 2 is 1.74 bits per heavy atom. The molecule has 23 heavy (non-hydrogen) atoms. The molecule has 0 atom stereocenters. The first-order valence-electron chi connectivity index (χ1n) is 7.60. The summed E-state index contributed by atoms with van der Waals surface area (Å²) in [5, 5.41) is 11.5. The molecule has 0 spiro atoms. The zero-order valence-corrected chi connectivity index (χ0v) is 13.3. The topological polar surface area (TPSA) is 79.5 Å². The van der Waals surface area contributed by atoms with Gasteiger partial charge in [-0.05, 0) is 35.6 Å². The molecule has 5 heteroatoms. The number of carbonyl (C=O) groups is 2. The van der Waals surface area contributed by atoms with Gasteiger partial charge < -0.3 is 14.8 Å². The maximum atomic E-state index is 11.9. The Balaban J connectivity index is 1.83. The summed E-state index contributed by atoms with van der Waals surface area (Å²) in [6.45, 7) is 4.52. The summed E-state index contributed by atoms with van der Waals surface area (Å²) in [4.78, 5) is 22.6. The van der Waals surface area contributed by atoms with Crippen molar-refractivity contribution in [3.05, 3.63) is 59.0 Å². The number of carbonyl (C=O) groups excluding carboxylic acids is 1. The van der Waals surface area contributed by atoms with Crippen LogP contribution < -0.4 is 5.32 Å². The Hall–Kier alpha value is -2.56. The van der Waals surface area contributed by atoms with Gasteiger partial charge in [-0.15, -0.1) is 0 Å². The summed E-state index contributed by atoms with van der Waals surface area (Å²) in [5.74, 6) is -0.356. The Bertz CT molecular complexity index is 671. The van der Waals surface area contributed by atoms with E-state index in [-0.39, 0.29) is 24.6 Å². The minimum Gasteiger partial charge on any atom is -0.475 e. The smallest absolute Gasteiger partial charge is 0.371 e. The van der Waals surface area contributed by atoms with Gasteiger partial charge in [-0.1, -0.05) is 38.1 Å². The summed E-state index contributed by atoms with van der Waals surface area (Å²) >= 11 is 0. The Kier molecular flexibility index (Phi) is 5.57. The highest BCUT2D eigenvalue weighted by Gasteiger charge is 2.10. The number of furan rings is 1. The van der Waals surface area contributed by atoms with Crippen LogP contribution in [0.1, 0.15) is 41.3 Å². The van der Waals surface area contributed by atoms with Crippen molar-refractivity contribution in [3.63, 3.8) is 0 Å². The van der Waals surface area contributed by atoms with E-state index < -0.39 is 5.97 Å². The quantitative estimate of drug-likeness (QED) is 0.823. The summed E-state index contributed by atoms with van der Waals surface area (Å²) in [6, 6.07) is 10.9. The van der Waals surface area contributed by atoms with Gasteiger partial charge in [0.15, 0.2) is 0 Å². The molecule has 0 bridgehead atoms. The van der Waals surface area contributed by atoms with E-state index in [0.29, 0.717) is 11.7 Å². The Morgan fingerprint density at radius 1 is 1.09 bits per heavy atom. The third-order valence-corrected chi connectivity index (χ3v) is 3.36. The molecular weight excluding hydrogens is 294 g/mol. The van der Waals surface area contributed by atoms with Gasteiger partial charge in [0.1, 0.15) is 5.76 Å². The molecular formula is C18H21NO4. The SMILES string of the molecule is CC(C)Cc1ccc(CC(=O)NCc2ccc(C(=O)O)o2)cc1. The lowest BCUT2D eigenvalue weighted by Crippen LogP contribution is -2.24. The van der Waals surface area contributed by atoms with E-state index in [1.165, 1.54) is 11.6 Å². The van der Waals surface area contributed by atoms with E-state index in [0.717, 1.165) is 12.0 Å². The van der Waals surface area contributed by atoms with E-state index >= 15 is 0 Å². The summed E-state index contributed by atoms with van der Waals surface area (Å²) in [5.41, 5.74) is 2.21. The van der Waals surface area contributed by atoms with Crippen molar-refractivity contribution < 1.29 is 19.1 Å². The van der Waals surface area contributed by atoms with Crippen molar-refractivity contribution >= 4 is 11.9 Å².